The van der Waals surface area contributed by atoms with Crippen molar-refractivity contribution >= 4 is 33.2 Å². The molecule has 1 fully saturated rings. The number of likely N-dealkylation sites (N-methyl/N-ethyl adjacent to an activating group) is 1. The van der Waals surface area contributed by atoms with Gasteiger partial charge in [0.05, 0.1) is 16.7 Å². The lowest BCUT2D eigenvalue weighted by atomic mass is 10.0. The number of nitro benzene ring substituents is 1. The molecule has 0 radical (unpaired) electrons. The van der Waals surface area contributed by atoms with Gasteiger partial charge < -0.3 is 10.2 Å². The number of carbonyl (C=O) groups excluding carboxylic acids is 1. The lowest BCUT2D eigenvalue weighted by molar-refractivity contribution is -0.385. The van der Waals surface area contributed by atoms with E-state index in [0.717, 1.165) is 19.4 Å². The van der Waals surface area contributed by atoms with E-state index in [1.54, 1.807) is 17.9 Å². The smallest absolute Gasteiger partial charge is 0.274 e. The topological polar surface area (TPSA) is 75.5 Å². The molecule has 1 amide bonds. The van der Waals surface area contributed by atoms with Crippen LogP contribution in [0.3, 0.4) is 0 Å². The largest absolute Gasteiger partial charge is 0.310 e. The van der Waals surface area contributed by atoms with Crippen molar-refractivity contribution in [2.75, 3.05) is 18.0 Å². The van der Waals surface area contributed by atoms with Gasteiger partial charge in [-0.3, -0.25) is 14.9 Å². The molecule has 0 spiro atoms. The maximum Gasteiger partial charge on any atom is 0.274 e. The number of anilines is 1. The van der Waals surface area contributed by atoms with Crippen LogP contribution < -0.4 is 10.2 Å². The second kappa shape index (κ2) is 6.53. The summed E-state index contributed by atoms with van der Waals surface area (Å²) in [4.78, 5) is 24.8. The van der Waals surface area contributed by atoms with Crippen LogP contribution in [-0.4, -0.2) is 30.0 Å². The molecule has 2 rings (SSSR count). The molecule has 0 bridgehead atoms. The minimum Gasteiger partial charge on any atom is -0.310 e. The highest BCUT2D eigenvalue weighted by molar-refractivity contribution is 9.10. The first kappa shape index (κ1) is 15.9. The second-order valence-electron chi connectivity index (χ2n) is 5.09. The molecule has 0 aromatic heterocycles. The van der Waals surface area contributed by atoms with Crippen molar-refractivity contribution < 1.29 is 9.72 Å². The Balaban J connectivity index is 2.38. The molecular weight excluding hydrogens is 338 g/mol. The van der Waals surface area contributed by atoms with Crippen LogP contribution in [0.15, 0.2) is 16.6 Å². The van der Waals surface area contributed by atoms with E-state index in [1.807, 2.05) is 6.92 Å². The van der Waals surface area contributed by atoms with Crippen molar-refractivity contribution in [2.45, 2.75) is 32.7 Å². The second-order valence-corrected chi connectivity index (χ2v) is 5.94. The van der Waals surface area contributed by atoms with Crippen molar-refractivity contribution in [3.8, 4) is 0 Å². The van der Waals surface area contributed by atoms with E-state index >= 15 is 0 Å². The average Bonchev–Trinajstić information content (AvgIpc) is 2.42. The summed E-state index contributed by atoms with van der Waals surface area (Å²) in [7, 11) is 0. The zero-order chi connectivity index (χ0) is 15.6. The molecular formula is C14H18BrN3O3. The molecule has 1 atom stereocenters. The number of piperidine rings is 1. The number of benzene rings is 1. The van der Waals surface area contributed by atoms with Gasteiger partial charge in [-0.25, -0.2) is 0 Å². The number of rotatable bonds is 4. The van der Waals surface area contributed by atoms with Crippen molar-refractivity contribution in [1.29, 1.82) is 0 Å². The van der Waals surface area contributed by atoms with E-state index in [4.69, 9.17) is 0 Å². The number of nitro groups is 1. The van der Waals surface area contributed by atoms with Crippen molar-refractivity contribution in [3.63, 3.8) is 0 Å². The van der Waals surface area contributed by atoms with Crippen LogP contribution in [0.5, 0.6) is 0 Å². The zero-order valence-electron chi connectivity index (χ0n) is 12.1. The number of amides is 1. The van der Waals surface area contributed by atoms with E-state index in [9.17, 15) is 14.9 Å². The van der Waals surface area contributed by atoms with E-state index in [1.165, 1.54) is 6.07 Å². The molecule has 1 saturated heterocycles. The van der Waals surface area contributed by atoms with E-state index in [2.05, 4.69) is 21.2 Å². The molecule has 1 N–H and O–H groups in total. The lowest BCUT2D eigenvalue weighted by Crippen LogP contribution is -2.51. The highest BCUT2D eigenvalue weighted by Crippen LogP contribution is 2.35. The Morgan fingerprint density at radius 3 is 2.86 bits per heavy atom. The first-order valence-corrected chi connectivity index (χ1v) is 7.74. The maximum atomic E-state index is 12.5. The van der Waals surface area contributed by atoms with Gasteiger partial charge in [0.25, 0.3) is 5.69 Å². The predicted molar refractivity (Wildman–Crippen MR) is 84.6 cm³/mol. The molecule has 1 aliphatic rings. The van der Waals surface area contributed by atoms with Gasteiger partial charge in [-0.2, -0.15) is 0 Å². The summed E-state index contributed by atoms with van der Waals surface area (Å²) in [5, 5.41) is 14.3. The Morgan fingerprint density at radius 1 is 1.52 bits per heavy atom. The minimum atomic E-state index is -0.415. The first-order chi connectivity index (χ1) is 9.95. The highest BCUT2D eigenvalue weighted by Gasteiger charge is 2.31. The molecule has 1 unspecified atom stereocenters. The molecule has 0 saturated carbocycles. The number of nitrogens with one attached hydrogen (secondary N) is 1. The van der Waals surface area contributed by atoms with Gasteiger partial charge in [0.2, 0.25) is 5.91 Å². The summed E-state index contributed by atoms with van der Waals surface area (Å²) in [5.41, 5.74) is 1.18. The van der Waals surface area contributed by atoms with Crippen LogP contribution in [0.25, 0.3) is 0 Å². The molecule has 1 aromatic rings. The van der Waals surface area contributed by atoms with Gasteiger partial charge >= 0.3 is 0 Å². The third-order valence-electron chi connectivity index (χ3n) is 3.64. The predicted octanol–water partition coefficient (Wildman–Crippen LogP) is 2.77. The summed E-state index contributed by atoms with van der Waals surface area (Å²) in [6.45, 7) is 4.95. The Kier molecular flexibility index (Phi) is 4.95. The summed E-state index contributed by atoms with van der Waals surface area (Å²) in [5.74, 6) is -0.0260. The fourth-order valence-electron chi connectivity index (χ4n) is 2.60. The molecule has 21 heavy (non-hydrogen) atoms. The number of nitrogens with zero attached hydrogens (tertiary/aromatic N) is 2. The fraction of sp³-hybridized carbons (Fsp3) is 0.500. The van der Waals surface area contributed by atoms with Crippen LogP contribution >= 0.6 is 15.9 Å². The van der Waals surface area contributed by atoms with Crippen LogP contribution in [0.2, 0.25) is 0 Å². The molecule has 1 aliphatic heterocycles. The SMILES string of the molecule is CCNC1CCCN(c2cc([N+](=O)[O-])c(C)cc2Br)C1=O. The lowest BCUT2D eigenvalue weighted by Gasteiger charge is -2.33. The Labute approximate surface area is 131 Å². The maximum absolute atomic E-state index is 12.5. The third kappa shape index (κ3) is 3.24. The number of halogens is 1. The standard InChI is InChI=1S/C14H18BrN3O3/c1-3-16-11-5-4-6-17(14(11)19)13-8-12(18(20)21)9(2)7-10(13)15/h7-8,11,16H,3-6H2,1-2H3. The Morgan fingerprint density at radius 2 is 2.24 bits per heavy atom. The van der Waals surface area contributed by atoms with Crippen molar-refractivity contribution in [1.82, 2.24) is 5.32 Å². The summed E-state index contributed by atoms with van der Waals surface area (Å²) < 4.78 is 0.705. The van der Waals surface area contributed by atoms with Crippen molar-refractivity contribution in [3.05, 3.63) is 32.3 Å². The Hall–Kier alpha value is -1.47. The molecule has 6 nitrogen and oxygen atoms in total. The number of hydrogen-bond acceptors (Lipinski definition) is 4. The molecule has 0 aliphatic carbocycles. The van der Waals surface area contributed by atoms with E-state index in [0.29, 0.717) is 22.3 Å². The Bertz CT molecular complexity index is 575. The van der Waals surface area contributed by atoms with Gasteiger partial charge in [0.1, 0.15) is 0 Å². The summed E-state index contributed by atoms with van der Waals surface area (Å²) in [6, 6.07) is 2.96. The van der Waals surface area contributed by atoms with Gasteiger partial charge in [0.15, 0.2) is 0 Å². The molecule has 1 heterocycles. The molecule has 1 aromatic carbocycles. The number of hydrogen-bond donors (Lipinski definition) is 1. The van der Waals surface area contributed by atoms with Crippen molar-refractivity contribution in [2.24, 2.45) is 0 Å². The zero-order valence-corrected chi connectivity index (χ0v) is 13.6. The van der Waals surface area contributed by atoms with Gasteiger partial charge in [-0.15, -0.1) is 0 Å². The first-order valence-electron chi connectivity index (χ1n) is 6.95. The third-order valence-corrected chi connectivity index (χ3v) is 4.28. The van der Waals surface area contributed by atoms with E-state index < -0.39 is 4.92 Å². The molecule has 7 heteroatoms. The van der Waals surface area contributed by atoms with Crippen LogP contribution in [0.1, 0.15) is 25.3 Å². The van der Waals surface area contributed by atoms with Crippen LogP contribution in [0, 0.1) is 17.0 Å². The summed E-state index contributed by atoms with van der Waals surface area (Å²) in [6.07, 6.45) is 1.67. The normalized spacial score (nSPS) is 18.9. The van der Waals surface area contributed by atoms with Crippen LogP contribution in [0.4, 0.5) is 11.4 Å². The molecule has 114 valence electrons. The monoisotopic (exact) mass is 355 g/mol. The quantitative estimate of drug-likeness (QED) is 0.665. The van der Waals surface area contributed by atoms with E-state index in [-0.39, 0.29) is 17.6 Å². The van der Waals surface area contributed by atoms with Gasteiger partial charge in [0, 0.05) is 22.6 Å². The highest BCUT2D eigenvalue weighted by atomic mass is 79.9. The average molecular weight is 356 g/mol. The number of carbonyl (C=O) groups is 1. The van der Waals surface area contributed by atoms with Gasteiger partial charge in [-0.1, -0.05) is 6.92 Å². The summed E-state index contributed by atoms with van der Waals surface area (Å²) >= 11 is 3.42. The van der Waals surface area contributed by atoms with Gasteiger partial charge in [-0.05, 0) is 48.3 Å². The number of aryl methyl sites for hydroxylation is 1. The van der Waals surface area contributed by atoms with Crippen LogP contribution in [-0.2, 0) is 4.79 Å². The fourth-order valence-corrected chi connectivity index (χ4v) is 3.28. The minimum absolute atomic E-state index is 0.0260.